The summed E-state index contributed by atoms with van der Waals surface area (Å²) >= 11 is 7.79. The molecule has 2 aromatic rings. The smallest absolute Gasteiger partial charge is 0.0647 e. The maximum absolute atomic E-state index is 5.98. The van der Waals surface area contributed by atoms with E-state index in [1.165, 1.54) is 15.3 Å². The van der Waals surface area contributed by atoms with Gasteiger partial charge in [-0.15, -0.1) is 11.3 Å². The van der Waals surface area contributed by atoms with E-state index in [1.807, 2.05) is 24.3 Å². The summed E-state index contributed by atoms with van der Waals surface area (Å²) in [6, 6.07) is 10.1. The van der Waals surface area contributed by atoms with Gasteiger partial charge in [-0.1, -0.05) is 17.7 Å². The van der Waals surface area contributed by atoms with Crippen LogP contribution in [-0.2, 0) is 0 Å². The molecule has 1 atom stereocenters. The average molecular weight is 281 g/mol. The first-order valence-electron chi connectivity index (χ1n) is 5.89. The average Bonchev–Trinajstić information content (AvgIpc) is 2.65. The Balaban J connectivity index is 2.22. The number of rotatable bonds is 4. The SMILES string of the molecule is Cc1cc(C(CN)Nc2cccc(Cl)c2)c(C)s1. The number of nitrogens with two attached hydrogens (primary N) is 1. The Bertz CT molecular complexity index is 536. The highest BCUT2D eigenvalue weighted by Crippen LogP contribution is 2.28. The molecule has 18 heavy (non-hydrogen) atoms. The minimum atomic E-state index is 0.133. The Morgan fingerprint density at radius 1 is 1.33 bits per heavy atom. The number of hydrogen-bond acceptors (Lipinski definition) is 3. The van der Waals surface area contributed by atoms with Crippen molar-refractivity contribution in [3.05, 3.63) is 50.7 Å². The summed E-state index contributed by atoms with van der Waals surface area (Å²) in [5, 5.41) is 4.17. The van der Waals surface area contributed by atoms with Crippen LogP contribution in [0.5, 0.6) is 0 Å². The van der Waals surface area contributed by atoms with E-state index < -0.39 is 0 Å². The van der Waals surface area contributed by atoms with Gasteiger partial charge in [0.25, 0.3) is 0 Å². The molecule has 0 bridgehead atoms. The van der Waals surface area contributed by atoms with Gasteiger partial charge in [0.1, 0.15) is 0 Å². The topological polar surface area (TPSA) is 38.0 Å². The Morgan fingerprint density at radius 3 is 2.67 bits per heavy atom. The monoisotopic (exact) mass is 280 g/mol. The molecular weight excluding hydrogens is 264 g/mol. The van der Waals surface area contributed by atoms with Crippen LogP contribution < -0.4 is 11.1 Å². The minimum Gasteiger partial charge on any atom is -0.377 e. The van der Waals surface area contributed by atoms with Crippen LogP contribution in [0.25, 0.3) is 0 Å². The van der Waals surface area contributed by atoms with E-state index in [0.29, 0.717) is 6.54 Å². The van der Waals surface area contributed by atoms with Gasteiger partial charge in [-0.2, -0.15) is 0 Å². The fraction of sp³-hybridized carbons (Fsp3) is 0.286. The second-order valence-electron chi connectivity index (χ2n) is 4.31. The zero-order chi connectivity index (χ0) is 13.1. The van der Waals surface area contributed by atoms with Crippen molar-refractivity contribution in [3.8, 4) is 0 Å². The molecule has 0 spiro atoms. The molecule has 0 aliphatic rings. The Morgan fingerprint density at radius 2 is 2.11 bits per heavy atom. The molecule has 0 aliphatic heterocycles. The van der Waals surface area contributed by atoms with Gasteiger partial charge >= 0.3 is 0 Å². The predicted octanol–water partition coefficient (Wildman–Crippen LogP) is 4.13. The van der Waals surface area contributed by atoms with Crippen molar-refractivity contribution in [2.24, 2.45) is 5.73 Å². The molecule has 0 aliphatic carbocycles. The summed E-state index contributed by atoms with van der Waals surface area (Å²) in [6.45, 7) is 4.81. The normalized spacial score (nSPS) is 12.4. The van der Waals surface area contributed by atoms with E-state index in [-0.39, 0.29) is 6.04 Å². The van der Waals surface area contributed by atoms with Crippen LogP contribution in [0, 0.1) is 13.8 Å². The highest BCUT2D eigenvalue weighted by atomic mass is 35.5. The van der Waals surface area contributed by atoms with Crippen LogP contribution in [-0.4, -0.2) is 6.54 Å². The van der Waals surface area contributed by atoms with Crippen LogP contribution in [0.3, 0.4) is 0 Å². The second kappa shape index (κ2) is 5.74. The van der Waals surface area contributed by atoms with Gasteiger partial charge in [0.2, 0.25) is 0 Å². The Kier molecular flexibility index (Phi) is 4.27. The summed E-state index contributed by atoms with van der Waals surface area (Å²) in [6.07, 6.45) is 0. The van der Waals surface area contributed by atoms with Crippen molar-refractivity contribution in [1.82, 2.24) is 0 Å². The first-order valence-corrected chi connectivity index (χ1v) is 7.08. The lowest BCUT2D eigenvalue weighted by Gasteiger charge is -2.18. The zero-order valence-electron chi connectivity index (χ0n) is 10.5. The number of benzene rings is 1. The van der Waals surface area contributed by atoms with Crippen LogP contribution >= 0.6 is 22.9 Å². The van der Waals surface area contributed by atoms with Crippen LogP contribution in [0.1, 0.15) is 21.4 Å². The maximum atomic E-state index is 5.98. The first-order chi connectivity index (χ1) is 8.60. The molecule has 2 nitrogen and oxygen atoms in total. The molecule has 1 heterocycles. The standard InChI is InChI=1S/C14H17ClN2S/c1-9-6-13(10(2)18-9)14(8-16)17-12-5-3-4-11(15)7-12/h3-7,14,17H,8,16H2,1-2H3. The lowest BCUT2D eigenvalue weighted by atomic mass is 10.1. The van der Waals surface area contributed by atoms with E-state index in [4.69, 9.17) is 17.3 Å². The van der Waals surface area contributed by atoms with E-state index in [1.54, 1.807) is 11.3 Å². The van der Waals surface area contributed by atoms with Crippen LogP contribution in [0.4, 0.5) is 5.69 Å². The lowest BCUT2D eigenvalue weighted by molar-refractivity contribution is 0.788. The highest BCUT2D eigenvalue weighted by molar-refractivity contribution is 7.12. The van der Waals surface area contributed by atoms with Gasteiger partial charge in [-0.25, -0.2) is 0 Å². The Hall–Kier alpha value is -1.03. The van der Waals surface area contributed by atoms with Crippen molar-refractivity contribution < 1.29 is 0 Å². The number of aryl methyl sites for hydroxylation is 2. The molecule has 1 aromatic carbocycles. The molecule has 1 unspecified atom stereocenters. The van der Waals surface area contributed by atoms with E-state index in [9.17, 15) is 0 Å². The quantitative estimate of drug-likeness (QED) is 0.884. The van der Waals surface area contributed by atoms with Gasteiger partial charge in [0.15, 0.2) is 0 Å². The second-order valence-corrected chi connectivity index (χ2v) is 6.21. The number of thiophene rings is 1. The van der Waals surface area contributed by atoms with Crippen molar-refractivity contribution >= 4 is 28.6 Å². The Labute approximate surface area is 117 Å². The molecule has 2 rings (SSSR count). The summed E-state index contributed by atoms with van der Waals surface area (Å²) in [5.41, 5.74) is 8.16. The van der Waals surface area contributed by atoms with Crippen LogP contribution in [0.2, 0.25) is 5.02 Å². The third-order valence-corrected chi connectivity index (χ3v) is 4.07. The molecule has 3 N–H and O–H groups in total. The summed E-state index contributed by atoms with van der Waals surface area (Å²) in [5.74, 6) is 0. The number of halogens is 1. The summed E-state index contributed by atoms with van der Waals surface area (Å²) < 4.78 is 0. The van der Waals surface area contributed by atoms with Gasteiger partial charge < -0.3 is 11.1 Å². The maximum Gasteiger partial charge on any atom is 0.0647 e. The fourth-order valence-electron chi connectivity index (χ4n) is 2.04. The van der Waals surface area contributed by atoms with Gasteiger partial charge in [0, 0.05) is 27.0 Å². The van der Waals surface area contributed by atoms with Crippen LogP contribution in [0.15, 0.2) is 30.3 Å². The molecule has 1 aromatic heterocycles. The first kappa shape index (κ1) is 13.4. The zero-order valence-corrected chi connectivity index (χ0v) is 12.1. The lowest BCUT2D eigenvalue weighted by Crippen LogP contribution is -2.20. The fourth-order valence-corrected chi connectivity index (χ4v) is 3.22. The molecule has 0 amide bonds. The molecule has 96 valence electrons. The minimum absolute atomic E-state index is 0.133. The molecule has 4 heteroatoms. The largest absolute Gasteiger partial charge is 0.377 e. The van der Waals surface area contributed by atoms with Gasteiger partial charge in [0.05, 0.1) is 6.04 Å². The number of anilines is 1. The van der Waals surface area contributed by atoms with E-state index >= 15 is 0 Å². The molecule has 0 radical (unpaired) electrons. The van der Waals surface area contributed by atoms with Gasteiger partial charge in [-0.05, 0) is 43.7 Å². The number of nitrogens with one attached hydrogen (secondary N) is 1. The van der Waals surface area contributed by atoms with Crippen molar-refractivity contribution in [1.29, 1.82) is 0 Å². The van der Waals surface area contributed by atoms with E-state index in [2.05, 4.69) is 25.2 Å². The summed E-state index contributed by atoms with van der Waals surface area (Å²) in [4.78, 5) is 2.63. The summed E-state index contributed by atoms with van der Waals surface area (Å²) in [7, 11) is 0. The molecule has 0 saturated heterocycles. The third-order valence-electron chi connectivity index (χ3n) is 2.86. The van der Waals surface area contributed by atoms with E-state index in [0.717, 1.165) is 10.7 Å². The molecule has 0 fully saturated rings. The predicted molar refractivity (Wildman–Crippen MR) is 80.7 cm³/mol. The van der Waals surface area contributed by atoms with Gasteiger partial charge in [-0.3, -0.25) is 0 Å². The van der Waals surface area contributed by atoms with Crippen molar-refractivity contribution in [2.45, 2.75) is 19.9 Å². The molecule has 0 saturated carbocycles. The highest BCUT2D eigenvalue weighted by Gasteiger charge is 2.14. The molecular formula is C14H17ClN2S. The number of hydrogen-bond donors (Lipinski definition) is 2. The van der Waals surface area contributed by atoms with Crippen molar-refractivity contribution in [2.75, 3.05) is 11.9 Å². The third kappa shape index (κ3) is 3.05. The van der Waals surface area contributed by atoms with Crippen molar-refractivity contribution in [3.63, 3.8) is 0 Å².